The van der Waals surface area contributed by atoms with Gasteiger partial charge in [-0.25, -0.2) is 5.43 Å². The number of carbonyl (C=O) groups is 1. The van der Waals surface area contributed by atoms with Crippen LogP contribution in [0.5, 0.6) is 5.75 Å². The highest BCUT2D eigenvalue weighted by molar-refractivity contribution is 9.11. The van der Waals surface area contributed by atoms with E-state index in [0.717, 1.165) is 14.3 Å². The van der Waals surface area contributed by atoms with Crippen LogP contribution in [-0.4, -0.2) is 18.7 Å². The zero-order valence-electron chi connectivity index (χ0n) is 13.9. The second kappa shape index (κ2) is 8.65. The molecule has 0 spiro atoms. The van der Waals surface area contributed by atoms with Crippen molar-refractivity contribution >= 4 is 78.2 Å². The molecular formula is C18H12Br2Cl2N2O3. The summed E-state index contributed by atoms with van der Waals surface area (Å²) in [7, 11) is 0. The van der Waals surface area contributed by atoms with Crippen LogP contribution in [0.2, 0.25) is 10.0 Å². The fraction of sp³-hybridized carbons (Fsp3) is 0.111. The Labute approximate surface area is 181 Å². The Morgan fingerprint density at radius 2 is 1.93 bits per heavy atom. The third kappa shape index (κ3) is 4.66. The molecule has 3 aromatic rings. The Bertz CT molecular complexity index is 1030. The molecule has 140 valence electrons. The molecule has 27 heavy (non-hydrogen) atoms. The van der Waals surface area contributed by atoms with Gasteiger partial charge >= 0.3 is 5.91 Å². The van der Waals surface area contributed by atoms with Crippen molar-refractivity contribution < 1.29 is 13.9 Å². The molecule has 1 heterocycles. The van der Waals surface area contributed by atoms with Gasteiger partial charge in [0.25, 0.3) is 0 Å². The number of nitrogens with zero attached hydrogens (tertiary/aromatic N) is 1. The van der Waals surface area contributed by atoms with Crippen molar-refractivity contribution in [2.24, 2.45) is 5.10 Å². The largest absolute Gasteiger partial charge is 0.491 e. The molecule has 1 amide bonds. The van der Waals surface area contributed by atoms with E-state index in [1.54, 1.807) is 18.2 Å². The minimum absolute atomic E-state index is 0.142. The number of hydrazone groups is 1. The van der Waals surface area contributed by atoms with Crippen molar-refractivity contribution in [1.82, 2.24) is 5.43 Å². The summed E-state index contributed by atoms with van der Waals surface area (Å²) >= 11 is 19.1. The second-order valence-corrected chi connectivity index (χ2v) is 7.95. The Kier molecular flexibility index (Phi) is 6.47. The fourth-order valence-electron chi connectivity index (χ4n) is 2.34. The van der Waals surface area contributed by atoms with Crippen LogP contribution in [-0.2, 0) is 0 Å². The molecule has 0 aliphatic heterocycles. The molecule has 0 bridgehead atoms. The van der Waals surface area contributed by atoms with Gasteiger partial charge in [-0.05, 0) is 58.7 Å². The molecule has 2 aromatic carbocycles. The van der Waals surface area contributed by atoms with Crippen LogP contribution < -0.4 is 10.2 Å². The molecule has 3 rings (SSSR count). The minimum Gasteiger partial charge on any atom is -0.491 e. The number of furan rings is 1. The fourth-order valence-corrected chi connectivity index (χ4v) is 4.30. The van der Waals surface area contributed by atoms with Gasteiger partial charge in [-0.1, -0.05) is 39.1 Å². The molecule has 5 nitrogen and oxygen atoms in total. The highest BCUT2D eigenvalue weighted by Crippen LogP contribution is 2.34. The summed E-state index contributed by atoms with van der Waals surface area (Å²) in [6.45, 7) is 2.29. The molecule has 1 aromatic heterocycles. The van der Waals surface area contributed by atoms with Crippen LogP contribution in [0, 0.1) is 0 Å². The highest BCUT2D eigenvalue weighted by Gasteiger charge is 2.14. The van der Waals surface area contributed by atoms with Gasteiger partial charge in [0.2, 0.25) is 0 Å². The summed E-state index contributed by atoms with van der Waals surface area (Å²) < 4.78 is 12.6. The third-order valence-electron chi connectivity index (χ3n) is 3.45. The van der Waals surface area contributed by atoms with Crippen molar-refractivity contribution in [2.45, 2.75) is 6.92 Å². The van der Waals surface area contributed by atoms with Gasteiger partial charge in [-0.3, -0.25) is 4.79 Å². The SMILES string of the molecule is CCOc1c(Cl)cc(/C=N\NC(=O)c2cc3cc(Br)cc(Br)c3o2)cc1Cl. The monoisotopic (exact) mass is 532 g/mol. The van der Waals surface area contributed by atoms with E-state index in [1.807, 2.05) is 19.1 Å². The van der Waals surface area contributed by atoms with Crippen molar-refractivity contribution in [3.63, 3.8) is 0 Å². The summed E-state index contributed by atoms with van der Waals surface area (Å²) in [5.41, 5.74) is 3.61. The minimum atomic E-state index is -0.478. The molecule has 0 unspecified atom stereocenters. The van der Waals surface area contributed by atoms with Gasteiger partial charge in [0, 0.05) is 9.86 Å². The van der Waals surface area contributed by atoms with Crippen LogP contribution in [0.4, 0.5) is 0 Å². The van der Waals surface area contributed by atoms with Crippen LogP contribution >= 0.6 is 55.1 Å². The van der Waals surface area contributed by atoms with E-state index in [1.165, 1.54) is 6.21 Å². The number of nitrogens with one attached hydrogen (secondary N) is 1. The second-order valence-electron chi connectivity index (χ2n) is 5.36. The number of carbonyl (C=O) groups excluding carboxylic acids is 1. The van der Waals surface area contributed by atoms with Gasteiger partial charge in [-0.15, -0.1) is 0 Å². The summed E-state index contributed by atoms with van der Waals surface area (Å²) in [6.07, 6.45) is 1.43. The topological polar surface area (TPSA) is 63.8 Å². The van der Waals surface area contributed by atoms with Crippen molar-refractivity contribution in [1.29, 1.82) is 0 Å². The van der Waals surface area contributed by atoms with E-state index in [-0.39, 0.29) is 5.76 Å². The first-order chi connectivity index (χ1) is 12.9. The van der Waals surface area contributed by atoms with E-state index in [9.17, 15) is 4.79 Å². The number of rotatable bonds is 5. The van der Waals surface area contributed by atoms with E-state index in [4.69, 9.17) is 32.4 Å². The van der Waals surface area contributed by atoms with E-state index < -0.39 is 5.91 Å². The first-order valence-corrected chi connectivity index (χ1v) is 10.1. The number of halogens is 4. The number of benzene rings is 2. The molecule has 9 heteroatoms. The van der Waals surface area contributed by atoms with Crippen LogP contribution in [0.1, 0.15) is 23.0 Å². The Balaban J connectivity index is 1.75. The van der Waals surface area contributed by atoms with Crippen molar-refractivity contribution in [2.75, 3.05) is 6.61 Å². The molecule has 0 radical (unpaired) electrons. The smallest absolute Gasteiger partial charge is 0.307 e. The van der Waals surface area contributed by atoms with Crippen molar-refractivity contribution in [3.05, 3.63) is 60.6 Å². The van der Waals surface area contributed by atoms with Crippen molar-refractivity contribution in [3.8, 4) is 5.75 Å². The number of fused-ring (bicyclic) bond motifs is 1. The Hall–Kier alpha value is -1.54. The van der Waals surface area contributed by atoms with E-state index in [0.29, 0.717) is 33.5 Å². The van der Waals surface area contributed by atoms with E-state index in [2.05, 4.69) is 42.4 Å². The lowest BCUT2D eigenvalue weighted by Gasteiger charge is -2.08. The first kappa shape index (κ1) is 20.2. The summed E-state index contributed by atoms with van der Waals surface area (Å²) in [5, 5.41) is 5.44. The van der Waals surface area contributed by atoms with Gasteiger partial charge in [0.15, 0.2) is 11.5 Å². The molecule has 0 aliphatic carbocycles. The van der Waals surface area contributed by atoms with Gasteiger partial charge in [0.1, 0.15) is 5.58 Å². The molecule has 1 N–H and O–H groups in total. The average molecular weight is 535 g/mol. The third-order valence-corrected chi connectivity index (χ3v) is 5.06. The summed E-state index contributed by atoms with van der Waals surface area (Å²) in [5.74, 6) is 0.0818. The quantitative estimate of drug-likeness (QED) is 0.303. The molecule has 0 aliphatic rings. The maximum atomic E-state index is 12.3. The van der Waals surface area contributed by atoms with E-state index >= 15 is 0 Å². The van der Waals surface area contributed by atoms with Crippen LogP contribution in [0.25, 0.3) is 11.0 Å². The summed E-state index contributed by atoms with van der Waals surface area (Å²) in [6, 6.07) is 8.62. The van der Waals surface area contributed by atoms with Crippen LogP contribution in [0.15, 0.2) is 48.8 Å². The standard InChI is InChI=1S/C18H12Br2Cl2N2O3/c1-2-26-17-13(21)3-9(4-14(17)22)8-23-24-18(25)15-6-10-5-11(19)7-12(20)16(10)27-15/h3-8H,2H2,1H3,(H,24,25)/b23-8-. The van der Waals surface area contributed by atoms with Crippen LogP contribution in [0.3, 0.4) is 0 Å². The zero-order chi connectivity index (χ0) is 19.6. The average Bonchev–Trinajstić information content (AvgIpc) is 3.02. The first-order valence-electron chi connectivity index (χ1n) is 7.73. The predicted octanol–water partition coefficient (Wildman–Crippen LogP) is 6.43. The van der Waals surface area contributed by atoms with Gasteiger partial charge in [-0.2, -0.15) is 5.10 Å². The number of hydrogen-bond donors (Lipinski definition) is 1. The number of ether oxygens (including phenoxy) is 1. The molecule has 0 saturated carbocycles. The molecule has 0 atom stereocenters. The molecule has 0 fully saturated rings. The Morgan fingerprint density at radius 1 is 1.22 bits per heavy atom. The van der Waals surface area contributed by atoms with Gasteiger partial charge < -0.3 is 9.15 Å². The lowest BCUT2D eigenvalue weighted by Crippen LogP contribution is -2.16. The molecular weight excluding hydrogens is 523 g/mol. The maximum Gasteiger partial charge on any atom is 0.307 e. The number of amides is 1. The summed E-state index contributed by atoms with van der Waals surface area (Å²) in [4.78, 5) is 12.3. The normalized spacial score (nSPS) is 11.3. The predicted molar refractivity (Wildman–Crippen MR) is 114 cm³/mol. The Morgan fingerprint density at radius 3 is 2.59 bits per heavy atom. The van der Waals surface area contributed by atoms with Gasteiger partial charge in [0.05, 0.1) is 27.3 Å². The molecule has 0 saturated heterocycles. The maximum absolute atomic E-state index is 12.3. The highest BCUT2D eigenvalue weighted by atomic mass is 79.9. The lowest BCUT2D eigenvalue weighted by molar-refractivity contribution is 0.0929. The number of hydrogen-bond acceptors (Lipinski definition) is 4. The lowest BCUT2D eigenvalue weighted by atomic mass is 10.2. The zero-order valence-corrected chi connectivity index (χ0v) is 18.5.